The molecule has 0 aliphatic carbocycles. The van der Waals surface area contributed by atoms with E-state index in [2.05, 4.69) is 5.32 Å². The van der Waals surface area contributed by atoms with Gasteiger partial charge >= 0.3 is 0 Å². The zero-order valence-electron chi connectivity index (χ0n) is 12.7. The van der Waals surface area contributed by atoms with Crippen molar-refractivity contribution in [2.24, 2.45) is 0 Å². The van der Waals surface area contributed by atoms with Crippen LogP contribution in [0.2, 0.25) is 0 Å². The van der Waals surface area contributed by atoms with E-state index in [1.165, 1.54) is 0 Å². The molecule has 0 saturated carbocycles. The van der Waals surface area contributed by atoms with Gasteiger partial charge in [-0.2, -0.15) is 5.26 Å². The van der Waals surface area contributed by atoms with Gasteiger partial charge in [0.15, 0.2) is 11.5 Å². The molecule has 2 rings (SSSR count). The highest BCUT2D eigenvalue weighted by Crippen LogP contribution is 2.34. The van der Waals surface area contributed by atoms with Crippen LogP contribution in [0.3, 0.4) is 0 Å². The summed E-state index contributed by atoms with van der Waals surface area (Å²) in [5.41, 5.74) is 0.749. The second-order valence-corrected chi connectivity index (χ2v) is 5.00. The fraction of sp³-hybridized carbons (Fsp3) is 0.412. The predicted octanol–water partition coefficient (Wildman–Crippen LogP) is 2.67. The molecule has 1 aliphatic heterocycles. The Bertz CT molecular complexity index is 602. The van der Waals surface area contributed by atoms with Crippen molar-refractivity contribution in [2.75, 3.05) is 19.8 Å². The van der Waals surface area contributed by atoms with Crippen LogP contribution < -0.4 is 14.8 Å². The Morgan fingerprint density at radius 2 is 2.23 bits per heavy atom. The molecule has 22 heavy (non-hydrogen) atoms. The number of hydrogen-bond donors (Lipinski definition) is 1. The third kappa shape index (κ3) is 4.01. The average molecular weight is 300 g/mol. The number of ether oxygens (including phenoxy) is 2. The molecule has 0 radical (unpaired) electrons. The third-order valence-electron chi connectivity index (χ3n) is 3.28. The van der Waals surface area contributed by atoms with E-state index >= 15 is 0 Å². The standard InChI is InChI=1S/C17H20N2O3/c1-2-3-8-19-17(20)14(12-18)11-13-6-4-7-15-16(13)22-10-5-9-21-15/h4,6-7,11H,2-3,5,8-10H2,1H3,(H,19,20)/b14-11+. The molecule has 116 valence electrons. The van der Waals surface area contributed by atoms with Crippen LogP contribution in [-0.4, -0.2) is 25.7 Å². The highest BCUT2D eigenvalue weighted by molar-refractivity contribution is 6.02. The number of carbonyl (C=O) groups excluding carboxylic acids is 1. The van der Waals surface area contributed by atoms with Crippen LogP contribution >= 0.6 is 0 Å². The van der Waals surface area contributed by atoms with Crippen LogP contribution in [0, 0.1) is 11.3 Å². The van der Waals surface area contributed by atoms with Gasteiger partial charge < -0.3 is 14.8 Å². The summed E-state index contributed by atoms with van der Waals surface area (Å²) >= 11 is 0. The Morgan fingerprint density at radius 3 is 3.00 bits per heavy atom. The van der Waals surface area contributed by atoms with Gasteiger partial charge in [-0.1, -0.05) is 25.5 Å². The van der Waals surface area contributed by atoms with E-state index in [9.17, 15) is 10.1 Å². The summed E-state index contributed by atoms with van der Waals surface area (Å²) in [4.78, 5) is 12.0. The van der Waals surface area contributed by atoms with E-state index in [0.717, 1.165) is 19.3 Å². The van der Waals surface area contributed by atoms with Crippen LogP contribution in [-0.2, 0) is 4.79 Å². The summed E-state index contributed by atoms with van der Waals surface area (Å²) in [6.45, 7) is 3.77. The van der Waals surface area contributed by atoms with E-state index in [4.69, 9.17) is 9.47 Å². The number of amides is 1. The Kier molecular flexibility index (Phi) is 5.84. The number of benzene rings is 1. The lowest BCUT2D eigenvalue weighted by Crippen LogP contribution is -2.25. The van der Waals surface area contributed by atoms with Crippen LogP contribution in [0.1, 0.15) is 31.7 Å². The SMILES string of the molecule is CCCCNC(=O)/C(C#N)=C/c1cccc2c1OCCCO2. The monoisotopic (exact) mass is 300 g/mol. The molecule has 0 fully saturated rings. The van der Waals surface area contributed by atoms with Crippen LogP contribution in [0.15, 0.2) is 23.8 Å². The minimum atomic E-state index is -0.358. The zero-order chi connectivity index (χ0) is 15.8. The lowest BCUT2D eigenvalue weighted by molar-refractivity contribution is -0.117. The van der Waals surface area contributed by atoms with Crippen molar-refractivity contribution in [1.29, 1.82) is 5.26 Å². The van der Waals surface area contributed by atoms with Crippen LogP contribution in [0.25, 0.3) is 6.08 Å². The molecule has 0 bridgehead atoms. The van der Waals surface area contributed by atoms with Gasteiger partial charge in [0.05, 0.1) is 13.2 Å². The number of hydrogen-bond acceptors (Lipinski definition) is 4. The molecule has 5 nitrogen and oxygen atoms in total. The maximum Gasteiger partial charge on any atom is 0.261 e. The Morgan fingerprint density at radius 1 is 1.41 bits per heavy atom. The molecule has 1 amide bonds. The van der Waals surface area contributed by atoms with Crippen molar-refractivity contribution >= 4 is 12.0 Å². The highest BCUT2D eigenvalue weighted by atomic mass is 16.5. The number of rotatable bonds is 5. The Hall–Kier alpha value is -2.48. The first-order chi connectivity index (χ1) is 10.8. The summed E-state index contributed by atoms with van der Waals surface area (Å²) in [6, 6.07) is 7.41. The van der Waals surface area contributed by atoms with E-state index in [1.807, 2.05) is 31.2 Å². The lowest BCUT2D eigenvalue weighted by atomic mass is 10.1. The first-order valence-corrected chi connectivity index (χ1v) is 7.55. The molecule has 0 atom stereocenters. The molecule has 1 aromatic carbocycles. The summed E-state index contributed by atoms with van der Waals surface area (Å²) in [6.07, 6.45) is 4.24. The van der Waals surface area contributed by atoms with Gasteiger partial charge in [-0.05, 0) is 18.6 Å². The molecule has 1 heterocycles. The molecule has 0 saturated heterocycles. The average Bonchev–Trinajstić information content (AvgIpc) is 2.78. The number of nitriles is 1. The fourth-order valence-corrected chi connectivity index (χ4v) is 2.11. The van der Waals surface area contributed by atoms with Gasteiger partial charge in [-0.25, -0.2) is 0 Å². The summed E-state index contributed by atoms with van der Waals surface area (Å²) in [5.74, 6) is 0.882. The van der Waals surface area contributed by atoms with Crippen molar-refractivity contribution in [3.8, 4) is 17.6 Å². The van der Waals surface area contributed by atoms with Crippen molar-refractivity contribution in [2.45, 2.75) is 26.2 Å². The van der Waals surface area contributed by atoms with E-state index in [1.54, 1.807) is 6.08 Å². The van der Waals surface area contributed by atoms with E-state index in [0.29, 0.717) is 36.8 Å². The quantitative estimate of drug-likeness (QED) is 0.515. The minimum Gasteiger partial charge on any atom is -0.490 e. The van der Waals surface area contributed by atoms with Crippen molar-refractivity contribution in [3.63, 3.8) is 0 Å². The molecule has 0 spiro atoms. The first-order valence-electron chi connectivity index (χ1n) is 7.55. The van der Waals surface area contributed by atoms with Gasteiger partial charge in [0, 0.05) is 18.5 Å². The summed E-state index contributed by atoms with van der Waals surface area (Å²) < 4.78 is 11.3. The van der Waals surface area contributed by atoms with Gasteiger partial charge in [0.25, 0.3) is 5.91 Å². The Balaban J connectivity index is 2.23. The van der Waals surface area contributed by atoms with Crippen LogP contribution in [0.4, 0.5) is 0 Å². The number of nitrogens with one attached hydrogen (secondary N) is 1. The van der Waals surface area contributed by atoms with Crippen molar-refractivity contribution in [1.82, 2.24) is 5.32 Å². The third-order valence-corrected chi connectivity index (χ3v) is 3.28. The molecule has 5 heteroatoms. The number of carbonyl (C=O) groups is 1. The second-order valence-electron chi connectivity index (χ2n) is 5.00. The smallest absolute Gasteiger partial charge is 0.261 e. The number of para-hydroxylation sites is 1. The van der Waals surface area contributed by atoms with Gasteiger partial charge in [-0.3, -0.25) is 4.79 Å². The lowest BCUT2D eigenvalue weighted by Gasteiger charge is -2.10. The normalized spacial score (nSPS) is 13.9. The number of unbranched alkanes of at least 4 members (excludes halogenated alkanes) is 1. The highest BCUT2D eigenvalue weighted by Gasteiger charge is 2.15. The van der Waals surface area contributed by atoms with E-state index < -0.39 is 0 Å². The molecule has 0 aromatic heterocycles. The topological polar surface area (TPSA) is 71.4 Å². The van der Waals surface area contributed by atoms with Gasteiger partial charge in [0.2, 0.25) is 0 Å². The molecular formula is C17H20N2O3. The van der Waals surface area contributed by atoms with E-state index in [-0.39, 0.29) is 11.5 Å². The first kappa shape index (κ1) is 15.9. The van der Waals surface area contributed by atoms with Gasteiger partial charge in [0.1, 0.15) is 11.6 Å². The predicted molar refractivity (Wildman–Crippen MR) is 83.6 cm³/mol. The molecule has 0 unspecified atom stereocenters. The van der Waals surface area contributed by atoms with Crippen molar-refractivity contribution < 1.29 is 14.3 Å². The summed E-state index contributed by atoms with van der Waals surface area (Å²) in [5, 5.41) is 12.0. The fourth-order valence-electron chi connectivity index (χ4n) is 2.11. The van der Waals surface area contributed by atoms with Crippen LogP contribution in [0.5, 0.6) is 11.5 Å². The number of fused-ring (bicyclic) bond motifs is 1. The second kappa shape index (κ2) is 8.08. The van der Waals surface area contributed by atoms with Crippen molar-refractivity contribution in [3.05, 3.63) is 29.3 Å². The van der Waals surface area contributed by atoms with Gasteiger partial charge in [-0.15, -0.1) is 0 Å². The molecule has 1 aromatic rings. The maximum atomic E-state index is 12.0. The Labute approximate surface area is 130 Å². The summed E-state index contributed by atoms with van der Waals surface area (Å²) in [7, 11) is 0. The number of nitrogens with zero attached hydrogens (tertiary/aromatic N) is 1. The molecule has 1 N–H and O–H groups in total. The largest absolute Gasteiger partial charge is 0.490 e. The maximum absolute atomic E-state index is 12.0. The molecule has 1 aliphatic rings. The zero-order valence-corrected chi connectivity index (χ0v) is 12.7. The molecular weight excluding hydrogens is 280 g/mol. The minimum absolute atomic E-state index is 0.0670.